The van der Waals surface area contributed by atoms with E-state index >= 15 is 0 Å². The van der Waals surface area contributed by atoms with Gasteiger partial charge in [0.15, 0.2) is 5.78 Å². The van der Waals surface area contributed by atoms with Gasteiger partial charge in [0.2, 0.25) is 15.9 Å². The van der Waals surface area contributed by atoms with E-state index in [4.69, 9.17) is 0 Å². The third kappa shape index (κ3) is 4.12. The van der Waals surface area contributed by atoms with Crippen LogP contribution in [0.25, 0.3) is 0 Å². The van der Waals surface area contributed by atoms with Crippen LogP contribution in [0.2, 0.25) is 0 Å². The van der Waals surface area contributed by atoms with Crippen LogP contribution >= 0.6 is 0 Å². The summed E-state index contributed by atoms with van der Waals surface area (Å²) in [4.78, 5) is 22.9. The van der Waals surface area contributed by atoms with Crippen LogP contribution < -0.4 is 5.32 Å². The molecule has 1 aromatic rings. The SMILES string of the molecule is CNC(=O)C(C)CN(C)S(=O)(=O)c1cccc(C(C)=O)c1. The second kappa shape index (κ2) is 6.82. The first-order chi connectivity index (χ1) is 9.70. The van der Waals surface area contributed by atoms with Crippen molar-refractivity contribution in [2.24, 2.45) is 5.92 Å². The summed E-state index contributed by atoms with van der Waals surface area (Å²) in [5.74, 6) is -0.895. The van der Waals surface area contributed by atoms with Gasteiger partial charge in [-0.3, -0.25) is 9.59 Å². The molecule has 1 unspecified atom stereocenters. The smallest absolute Gasteiger partial charge is 0.242 e. The highest BCUT2D eigenvalue weighted by molar-refractivity contribution is 7.89. The molecule has 1 aromatic carbocycles. The average molecular weight is 312 g/mol. The summed E-state index contributed by atoms with van der Waals surface area (Å²) in [6, 6.07) is 5.87. The van der Waals surface area contributed by atoms with Gasteiger partial charge in [-0.25, -0.2) is 12.7 Å². The van der Waals surface area contributed by atoms with Crippen molar-refractivity contribution in [3.8, 4) is 0 Å². The zero-order valence-corrected chi connectivity index (χ0v) is 13.4. The van der Waals surface area contributed by atoms with Gasteiger partial charge in [0, 0.05) is 32.1 Å². The van der Waals surface area contributed by atoms with Crippen LogP contribution in [-0.2, 0) is 14.8 Å². The average Bonchev–Trinajstić information content (AvgIpc) is 2.46. The van der Waals surface area contributed by atoms with Crippen molar-refractivity contribution in [2.45, 2.75) is 18.7 Å². The van der Waals surface area contributed by atoms with Gasteiger partial charge in [0.05, 0.1) is 4.90 Å². The molecule has 0 saturated heterocycles. The summed E-state index contributed by atoms with van der Waals surface area (Å²) in [6.07, 6.45) is 0. The lowest BCUT2D eigenvalue weighted by atomic mass is 10.2. The second-order valence-corrected chi connectivity index (χ2v) is 6.93. The maximum Gasteiger partial charge on any atom is 0.242 e. The number of sulfonamides is 1. The molecule has 0 fully saturated rings. The van der Waals surface area contributed by atoms with Crippen molar-refractivity contribution in [2.75, 3.05) is 20.6 Å². The van der Waals surface area contributed by atoms with E-state index in [-0.39, 0.29) is 23.1 Å². The fourth-order valence-electron chi connectivity index (χ4n) is 1.87. The Balaban J connectivity index is 3.02. The number of carbonyl (C=O) groups is 2. The molecule has 0 spiro atoms. The van der Waals surface area contributed by atoms with Crippen LogP contribution in [0.4, 0.5) is 0 Å². The summed E-state index contributed by atoms with van der Waals surface area (Å²) < 4.78 is 26.0. The number of carbonyl (C=O) groups excluding carboxylic acids is 2. The Morgan fingerprint density at radius 3 is 2.48 bits per heavy atom. The van der Waals surface area contributed by atoms with E-state index in [9.17, 15) is 18.0 Å². The van der Waals surface area contributed by atoms with Gasteiger partial charge in [-0.2, -0.15) is 0 Å². The molecule has 0 heterocycles. The second-order valence-electron chi connectivity index (χ2n) is 4.88. The predicted octanol–water partition coefficient (Wildman–Crippen LogP) is 0.892. The lowest BCUT2D eigenvalue weighted by Crippen LogP contribution is -2.37. The summed E-state index contributed by atoms with van der Waals surface area (Å²) in [5, 5.41) is 2.48. The van der Waals surface area contributed by atoms with Gasteiger partial charge in [0.1, 0.15) is 0 Å². The molecule has 1 amide bonds. The summed E-state index contributed by atoms with van der Waals surface area (Å²) in [6.45, 7) is 3.09. The van der Waals surface area contributed by atoms with Gasteiger partial charge in [-0.05, 0) is 19.1 Å². The molecule has 21 heavy (non-hydrogen) atoms. The summed E-state index contributed by atoms with van der Waals surface area (Å²) in [7, 11) is -0.815. The molecule has 0 aromatic heterocycles. The molecule has 6 nitrogen and oxygen atoms in total. The molecule has 7 heteroatoms. The fraction of sp³-hybridized carbons (Fsp3) is 0.429. The molecule has 1 rings (SSSR count). The monoisotopic (exact) mass is 312 g/mol. The van der Waals surface area contributed by atoms with Gasteiger partial charge in [0.25, 0.3) is 0 Å². The first-order valence-corrected chi connectivity index (χ1v) is 7.93. The number of nitrogens with zero attached hydrogens (tertiary/aromatic N) is 1. The molecule has 0 aliphatic rings. The molecule has 0 aliphatic heterocycles. The largest absolute Gasteiger partial charge is 0.359 e. The van der Waals surface area contributed by atoms with E-state index in [2.05, 4.69) is 5.32 Å². The van der Waals surface area contributed by atoms with Gasteiger partial charge < -0.3 is 5.32 Å². The van der Waals surface area contributed by atoms with Crippen LogP contribution in [0.3, 0.4) is 0 Å². The zero-order chi connectivity index (χ0) is 16.2. The normalized spacial score (nSPS) is 13.0. The molecular weight excluding hydrogens is 292 g/mol. The summed E-state index contributed by atoms with van der Waals surface area (Å²) in [5.41, 5.74) is 0.337. The molecule has 0 bridgehead atoms. The van der Waals surface area contributed by atoms with E-state index in [1.54, 1.807) is 13.0 Å². The first kappa shape index (κ1) is 17.3. The van der Waals surface area contributed by atoms with Crippen LogP contribution in [0.1, 0.15) is 24.2 Å². The number of Topliss-reactive ketones (excluding diaryl/α,β-unsaturated/α-hetero) is 1. The Morgan fingerprint density at radius 1 is 1.33 bits per heavy atom. The Morgan fingerprint density at radius 2 is 1.95 bits per heavy atom. The zero-order valence-electron chi connectivity index (χ0n) is 12.6. The van der Waals surface area contributed by atoms with Crippen LogP contribution in [0, 0.1) is 5.92 Å². The summed E-state index contributed by atoms with van der Waals surface area (Å²) >= 11 is 0. The third-order valence-corrected chi connectivity index (χ3v) is 4.99. The minimum absolute atomic E-state index is 0.0433. The van der Waals surface area contributed by atoms with Crippen molar-refractivity contribution < 1.29 is 18.0 Å². The number of amides is 1. The van der Waals surface area contributed by atoms with E-state index in [0.29, 0.717) is 5.56 Å². The maximum absolute atomic E-state index is 12.4. The molecule has 116 valence electrons. The quantitative estimate of drug-likeness (QED) is 0.791. The molecule has 1 N–H and O–H groups in total. The van der Waals surface area contributed by atoms with Crippen LogP contribution in [0.15, 0.2) is 29.2 Å². The third-order valence-electron chi connectivity index (χ3n) is 3.17. The van der Waals surface area contributed by atoms with E-state index in [1.807, 2.05) is 0 Å². The fourth-order valence-corrected chi connectivity index (χ4v) is 3.17. The number of benzene rings is 1. The number of ketones is 1. The molecular formula is C14H20N2O4S. The molecule has 1 atom stereocenters. The maximum atomic E-state index is 12.4. The first-order valence-electron chi connectivity index (χ1n) is 6.49. The van der Waals surface area contributed by atoms with Crippen LogP contribution in [0.5, 0.6) is 0 Å². The Hall–Kier alpha value is -1.73. The van der Waals surface area contributed by atoms with Crippen molar-refractivity contribution >= 4 is 21.7 Å². The predicted molar refractivity (Wildman–Crippen MR) is 79.5 cm³/mol. The van der Waals surface area contributed by atoms with Crippen molar-refractivity contribution in [1.29, 1.82) is 0 Å². The number of nitrogens with one attached hydrogen (secondary N) is 1. The van der Waals surface area contributed by atoms with E-state index in [0.717, 1.165) is 4.31 Å². The Bertz CT molecular complexity index is 640. The number of rotatable bonds is 6. The Kier molecular flexibility index (Phi) is 5.62. The molecule has 0 radical (unpaired) electrons. The lowest BCUT2D eigenvalue weighted by Gasteiger charge is -2.20. The standard InChI is InChI=1S/C14H20N2O4S/c1-10(14(18)15-3)9-16(4)21(19,20)13-7-5-6-12(8-13)11(2)17/h5-8,10H,9H2,1-4H3,(H,15,18). The van der Waals surface area contributed by atoms with Gasteiger partial charge >= 0.3 is 0 Å². The minimum Gasteiger partial charge on any atom is -0.359 e. The highest BCUT2D eigenvalue weighted by Gasteiger charge is 2.25. The van der Waals surface area contributed by atoms with Crippen molar-refractivity contribution in [1.82, 2.24) is 9.62 Å². The van der Waals surface area contributed by atoms with E-state index < -0.39 is 15.9 Å². The number of hydrogen-bond acceptors (Lipinski definition) is 4. The minimum atomic E-state index is -3.73. The highest BCUT2D eigenvalue weighted by atomic mass is 32.2. The Labute approximate surface area is 125 Å². The van der Waals surface area contributed by atoms with Crippen molar-refractivity contribution in [3.05, 3.63) is 29.8 Å². The van der Waals surface area contributed by atoms with Crippen LogP contribution in [-0.4, -0.2) is 45.1 Å². The lowest BCUT2D eigenvalue weighted by molar-refractivity contribution is -0.124. The molecule has 0 saturated carbocycles. The van der Waals surface area contributed by atoms with E-state index in [1.165, 1.54) is 39.2 Å². The topological polar surface area (TPSA) is 83.6 Å². The van der Waals surface area contributed by atoms with Gasteiger partial charge in [-0.1, -0.05) is 19.1 Å². The number of hydrogen-bond donors (Lipinski definition) is 1. The molecule has 0 aliphatic carbocycles. The highest BCUT2D eigenvalue weighted by Crippen LogP contribution is 2.17. The van der Waals surface area contributed by atoms with Gasteiger partial charge in [-0.15, -0.1) is 0 Å². The van der Waals surface area contributed by atoms with Crippen molar-refractivity contribution in [3.63, 3.8) is 0 Å².